The van der Waals surface area contributed by atoms with E-state index in [1.807, 2.05) is 67.5 Å². The second kappa shape index (κ2) is 30.8. The number of carbonyl (C=O) groups excluding carboxylic acids is 8. The van der Waals surface area contributed by atoms with E-state index in [4.69, 9.17) is 10.5 Å². The Hall–Kier alpha value is -6.04. The van der Waals surface area contributed by atoms with Crippen LogP contribution >= 0.6 is 0 Å². The second-order valence-corrected chi connectivity index (χ2v) is 20.2. The predicted molar refractivity (Wildman–Crippen MR) is 281 cm³/mol. The van der Waals surface area contributed by atoms with Crippen molar-refractivity contribution in [1.82, 2.24) is 36.0 Å². The van der Waals surface area contributed by atoms with Crippen molar-refractivity contribution in [3.63, 3.8) is 0 Å². The molecule has 1 aliphatic heterocycles. The van der Waals surface area contributed by atoms with E-state index in [2.05, 4.69) is 39.7 Å². The highest BCUT2D eigenvalue weighted by Gasteiger charge is 2.39. The van der Waals surface area contributed by atoms with Gasteiger partial charge < -0.3 is 46.9 Å². The fourth-order valence-electron chi connectivity index (χ4n) is 8.90. The van der Waals surface area contributed by atoms with Crippen LogP contribution in [0.2, 0.25) is 0 Å². The van der Waals surface area contributed by atoms with E-state index in [0.29, 0.717) is 68.8 Å². The topological polar surface area (TPSA) is 242 Å². The zero-order valence-corrected chi connectivity index (χ0v) is 45.2. The molecular formula is C54H87N9O9. The van der Waals surface area contributed by atoms with Gasteiger partial charge in [-0.25, -0.2) is 0 Å². The molecule has 72 heavy (non-hydrogen) atoms. The van der Waals surface area contributed by atoms with Crippen LogP contribution in [-0.4, -0.2) is 132 Å². The molecule has 1 aromatic rings. The average Bonchev–Trinajstić information content (AvgIpc) is 3.64. The van der Waals surface area contributed by atoms with Gasteiger partial charge in [-0.1, -0.05) is 93.5 Å². The number of anilines is 1. The van der Waals surface area contributed by atoms with Crippen LogP contribution in [0.1, 0.15) is 126 Å². The molecule has 1 heterocycles. The third-order valence-electron chi connectivity index (χ3n) is 13.2. The summed E-state index contributed by atoms with van der Waals surface area (Å²) >= 11 is 0. The van der Waals surface area contributed by atoms with E-state index in [0.717, 1.165) is 12.0 Å². The molecule has 18 heteroatoms. The van der Waals surface area contributed by atoms with Gasteiger partial charge in [0, 0.05) is 77.1 Å². The van der Waals surface area contributed by atoms with E-state index in [9.17, 15) is 38.4 Å². The molecule has 7 atom stereocenters. The summed E-state index contributed by atoms with van der Waals surface area (Å²) in [5, 5.41) is 15.3. The maximum Gasteiger partial charge on any atom is 0.253 e. The number of aryl methyl sites for hydroxylation is 1. The summed E-state index contributed by atoms with van der Waals surface area (Å²) in [6.45, 7) is 25.5. The standard InChI is InChI=1S/C54H87N9O9/c1-15-36(8)51(43(72-14)32-37(9)64)62(13)54(71)49(34(4)5)60-53(70)50(35(6)7)61(12)45(66)27-24-40-22-25-41(26-23-40)58-52(69)42(20-19-30-56-39(11)55)57-38(10)48(33(2)3)59-44(65)21-17-16-18-31-63-46(67)28-29-47(63)68/h22-23,25-26,28-29,33-36,42-43,48-51,56-57H,10-11,15-21,24,27,30-32,55H2,1-9,12-14H3,(H,58,69)(H,59,65)(H,60,70)/t36?,42-,43?,48?,49-,50?,51?/m0/s1. The lowest BCUT2D eigenvalue weighted by Gasteiger charge is -2.40. The van der Waals surface area contributed by atoms with Crippen molar-refractivity contribution < 1.29 is 43.1 Å². The third-order valence-corrected chi connectivity index (χ3v) is 13.2. The summed E-state index contributed by atoms with van der Waals surface area (Å²) < 4.78 is 5.73. The number of amides is 7. The van der Waals surface area contributed by atoms with Crippen molar-refractivity contribution in [3.05, 3.63) is 66.7 Å². The van der Waals surface area contributed by atoms with Gasteiger partial charge in [0.25, 0.3) is 11.8 Å². The molecule has 0 radical (unpaired) electrons. The Morgan fingerprint density at radius 2 is 1.38 bits per heavy atom. The molecule has 7 amide bonds. The van der Waals surface area contributed by atoms with Crippen LogP contribution < -0.4 is 32.3 Å². The van der Waals surface area contributed by atoms with Gasteiger partial charge >= 0.3 is 0 Å². The number of Topliss-reactive ketones (excluding diaryl/α,β-unsaturated/α-hetero) is 1. The Labute approximate surface area is 429 Å². The Morgan fingerprint density at radius 1 is 0.764 bits per heavy atom. The molecule has 1 aliphatic rings. The SMILES string of the molecule is C=C(N)NCCC[C@H](NC(=C)C(NC(=O)CCCCCN1C(=O)C=CC1=O)C(C)C)C(=O)Nc1ccc(CCC(=O)N(C)C(C(=O)N[C@H](C(=O)N(C)C(C(C)CC)C(CC(C)=O)OC)C(C)C)C(C)C)cc1. The summed E-state index contributed by atoms with van der Waals surface area (Å²) in [5.74, 6) is -2.49. The van der Waals surface area contributed by atoms with Gasteiger partial charge in [-0.2, -0.15) is 0 Å². The number of nitrogens with one attached hydrogen (secondary N) is 5. The normalized spacial score (nSPS) is 15.3. The van der Waals surface area contributed by atoms with Crippen molar-refractivity contribution in [2.24, 2.45) is 29.4 Å². The summed E-state index contributed by atoms with van der Waals surface area (Å²) in [4.78, 5) is 109. The van der Waals surface area contributed by atoms with E-state index in [1.165, 1.54) is 36.0 Å². The van der Waals surface area contributed by atoms with Crippen LogP contribution in [-0.2, 0) is 49.5 Å². The van der Waals surface area contributed by atoms with Crippen LogP contribution in [0.25, 0.3) is 0 Å². The first kappa shape index (κ1) is 62.1. The first-order chi connectivity index (χ1) is 33.8. The number of hydrogen-bond acceptors (Lipinski definition) is 12. The molecule has 402 valence electrons. The van der Waals surface area contributed by atoms with Gasteiger partial charge in [-0.3, -0.25) is 43.3 Å². The molecule has 0 aliphatic carbocycles. The number of unbranched alkanes of at least 4 members (excludes halogenated alkanes) is 2. The Balaban J connectivity index is 2.10. The van der Waals surface area contributed by atoms with Gasteiger partial charge in [0.2, 0.25) is 29.5 Å². The molecule has 2 rings (SSSR count). The average molecular weight is 1010 g/mol. The van der Waals surface area contributed by atoms with Crippen LogP contribution in [0.5, 0.6) is 0 Å². The molecule has 5 unspecified atom stereocenters. The molecule has 0 saturated heterocycles. The first-order valence-corrected chi connectivity index (χ1v) is 25.6. The van der Waals surface area contributed by atoms with E-state index in [-0.39, 0.29) is 84.2 Å². The van der Waals surface area contributed by atoms with E-state index in [1.54, 1.807) is 31.1 Å². The van der Waals surface area contributed by atoms with Crippen molar-refractivity contribution in [2.45, 2.75) is 163 Å². The first-order valence-electron chi connectivity index (χ1n) is 25.6. The maximum absolute atomic E-state index is 14.2. The highest BCUT2D eigenvalue weighted by atomic mass is 16.5. The minimum absolute atomic E-state index is 0.00617. The molecule has 0 saturated carbocycles. The summed E-state index contributed by atoms with van der Waals surface area (Å²) in [5.41, 5.74) is 7.55. The minimum Gasteiger partial charge on any atom is -0.386 e. The monoisotopic (exact) mass is 1010 g/mol. The van der Waals surface area contributed by atoms with Gasteiger partial charge in [-0.05, 0) is 80.4 Å². The van der Waals surface area contributed by atoms with E-state index >= 15 is 0 Å². The highest BCUT2D eigenvalue weighted by molar-refractivity contribution is 6.12. The van der Waals surface area contributed by atoms with Crippen LogP contribution in [0.15, 0.2) is 61.1 Å². The number of carbonyl (C=O) groups is 8. The van der Waals surface area contributed by atoms with Gasteiger partial charge in [0.15, 0.2) is 0 Å². The minimum atomic E-state index is -0.891. The van der Waals surface area contributed by atoms with Gasteiger partial charge in [-0.15, -0.1) is 0 Å². The number of imide groups is 1. The molecule has 0 bridgehead atoms. The molecule has 0 spiro atoms. The Bertz CT molecular complexity index is 2040. The molecule has 1 aromatic carbocycles. The van der Waals surface area contributed by atoms with E-state index < -0.39 is 42.2 Å². The van der Waals surface area contributed by atoms with Crippen molar-refractivity contribution in [3.8, 4) is 0 Å². The highest BCUT2D eigenvalue weighted by Crippen LogP contribution is 2.24. The fraction of sp³-hybridized carbons (Fsp3) is 0.630. The van der Waals surface area contributed by atoms with Gasteiger partial charge in [0.1, 0.15) is 23.9 Å². The van der Waals surface area contributed by atoms with Crippen molar-refractivity contribution in [1.29, 1.82) is 0 Å². The lowest BCUT2D eigenvalue weighted by molar-refractivity contribution is -0.146. The lowest BCUT2D eigenvalue weighted by atomic mass is 9.89. The smallest absolute Gasteiger partial charge is 0.253 e. The number of ether oxygens (including phenoxy) is 1. The molecule has 0 fully saturated rings. The lowest BCUT2D eigenvalue weighted by Crippen LogP contribution is -2.60. The number of methoxy groups -OCH3 is 1. The quantitative estimate of drug-likeness (QED) is 0.0397. The number of hydrogen-bond donors (Lipinski definition) is 6. The maximum atomic E-state index is 14.2. The van der Waals surface area contributed by atoms with Crippen LogP contribution in [0.4, 0.5) is 5.69 Å². The molecular weight excluding hydrogens is 919 g/mol. The zero-order chi connectivity index (χ0) is 54.4. The number of benzene rings is 1. The zero-order valence-electron chi connectivity index (χ0n) is 45.2. The summed E-state index contributed by atoms with van der Waals surface area (Å²) in [6, 6.07) is 3.79. The number of nitrogens with zero attached hydrogens (tertiary/aromatic N) is 3. The Morgan fingerprint density at radius 3 is 1.90 bits per heavy atom. The van der Waals surface area contributed by atoms with Crippen LogP contribution in [0.3, 0.4) is 0 Å². The van der Waals surface area contributed by atoms with Crippen molar-refractivity contribution >= 4 is 52.8 Å². The number of likely N-dealkylation sites (N-methyl/N-ethyl adjacent to an activating group) is 2. The summed E-state index contributed by atoms with van der Waals surface area (Å²) in [7, 11) is 4.82. The largest absolute Gasteiger partial charge is 0.386 e. The van der Waals surface area contributed by atoms with Gasteiger partial charge in [0.05, 0.1) is 24.0 Å². The Kier molecular flexibility index (Phi) is 26.5. The molecule has 0 aromatic heterocycles. The fourth-order valence-corrected chi connectivity index (χ4v) is 8.90. The molecule has 7 N–H and O–H groups in total. The third kappa shape index (κ3) is 19.9. The number of ketones is 1. The predicted octanol–water partition coefficient (Wildman–Crippen LogP) is 4.95. The second-order valence-electron chi connectivity index (χ2n) is 20.2. The number of nitrogens with two attached hydrogens (primary N) is 1. The molecule has 18 nitrogen and oxygen atoms in total. The number of rotatable bonds is 34. The van der Waals surface area contributed by atoms with Crippen molar-refractivity contribution in [2.75, 3.05) is 39.6 Å². The summed E-state index contributed by atoms with van der Waals surface area (Å²) in [6.07, 6.45) is 6.36. The van der Waals surface area contributed by atoms with Crippen LogP contribution in [0, 0.1) is 23.7 Å².